The number of nitrogens with two attached hydrogens (primary N) is 1. The number of para-hydroxylation sites is 1. The average Bonchev–Trinajstić information content (AvgIpc) is 2.25. The van der Waals surface area contributed by atoms with E-state index in [0.29, 0.717) is 6.54 Å². The fraction of sp³-hybridized carbons (Fsp3) is 0.429. The summed E-state index contributed by atoms with van der Waals surface area (Å²) in [6.07, 6.45) is 0.259. The third-order valence-corrected chi connectivity index (χ3v) is 2.70. The van der Waals surface area contributed by atoms with Crippen LogP contribution in [0, 0.1) is 0 Å². The molecule has 0 radical (unpaired) electrons. The van der Waals surface area contributed by atoms with Crippen molar-refractivity contribution in [2.24, 2.45) is 5.73 Å². The summed E-state index contributed by atoms with van der Waals surface area (Å²) in [5.74, 6) is -0.448. The van der Waals surface area contributed by atoms with Crippen LogP contribution in [0.2, 0.25) is 0 Å². The monoisotopic (exact) mass is 263 g/mol. The molecule has 1 rings (SSSR count). The van der Waals surface area contributed by atoms with Crippen molar-refractivity contribution in [1.29, 1.82) is 0 Å². The highest BCUT2D eigenvalue weighted by atomic mass is 16.1. The van der Waals surface area contributed by atoms with Gasteiger partial charge in [-0.05, 0) is 25.5 Å². The number of amides is 2. The van der Waals surface area contributed by atoms with Gasteiger partial charge in [0, 0.05) is 31.1 Å². The Morgan fingerprint density at radius 2 is 1.89 bits per heavy atom. The van der Waals surface area contributed by atoms with Crippen LogP contribution in [-0.4, -0.2) is 17.4 Å². The van der Waals surface area contributed by atoms with Gasteiger partial charge in [0.15, 0.2) is 0 Å². The summed E-state index contributed by atoms with van der Waals surface area (Å²) in [6.45, 7) is 5.86. The lowest BCUT2D eigenvalue weighted by Gasteiger charge is -2.25. The van der Waals surface area contributed by atoms with Gasteiger partial charge >= 0.3 is 0 Å². The molecule has 5 nitrogen and oxygen atoms in total. The molecule has 0 aliphatic rings. The second-order valence-corrected chi connectivity index (χ2v) is 5.22. The smallest absolute Gasteiger partial charge is 0.221 e. The summed E-state index contributed by atoms with van der Waals surface area (Å²) in [6, 6.07) is 7.55. The maximum Gasteiger partial charge on any atom is 0.221 e. The number of benzene rings is 1. The Balaban J connectivity index is 2.72. The highest BCUT2D eigenvalue weighted by Crippen LogP contribution is 2.17. The number of hydrogen-bond acceptors (Lipinski definition) is 3. The van der Waals surface area contributed by atoms with Crippen LogP contribution in [-0.2, 0) is 16.1 Å². The van der Waals surface area contributed by atoms with Crippen molar-refractivity contribution >= 4 is 17.5 Å². The number of rotatable bonds is 6. The van der Waals surface area contributed by atoms with Gasteiger partial charge < -0.3 is 16.4 Å². The molecule has 0 spiro atoms. The Morgan fingerprint density at radius 1 is 1.26 bits per heavy atom. The molecule has 1 aromatic rings. The predicted octanol–water partition coefficient (Wildman–Crippen LogP) is 1.39. The summed E-state index contributed by atoms with van der Waals surface area (Å²) in [4.78, 5) is 22.1. The minimum absolute atomic E-state index is 0.108. The molecule has 0 aromatic heterocycles. The van der Waals surface area contributed by atoms with Crippen molar-refractivity contribution in [3.63, 3.8) is 0 Å². The molecule has 1 aromatic carbocycles. The molecule has 0 aliphatic heterocycles. The van der Waals surface area contributed by atoms with E-state index in [1.807, 2.05) is 38.1 Å². The fourth-order valence-corrected chi connectivity index (χ4v) is 1.82. The van der Waals surface area contributed by atoms with Gasteiger partial charge in [-0.2, -0.15) is 0 Å². The molecule has 0 unspecified atom stereocenters. The van der Waals surface area contributed by atoms with Gasteiger partial charge in [-0.1, -0.05) is 18.2 Å². The van der Waals surface area contributed by atoms with Crippen molar-refractivity contribution in [1.82, 2.24) is 5.32 Å². The number of nitrogens with one attached hydrogen (secondary N) is 2. The van der Waals surface area contributed by atoms with Crippen LogP contribution < -0.4 is 16.4 Å². The third kappa shape index (κ3) is 5.52. The molecule has 0 saturated carbocycles. The van der Waals surface area contributed by atoms with E-state index < -0.39 is 0 Å². The van der Waals surface area contributed by atoms with E-state index in [4.69, 9.17) is 5.73 Å². The highest BCUT2D eigenvalue weighted by Gasteiger charge is 2.20. The average molecular weight is 263 g/mol. The van der Waals surface area contributed by atoms with E-state index in [0.717, 1.165) is 11.3 Å². The Bertz CT molecular complexity index is 470. The largest absolute Gasteiger partial charge is 0.370 e. The number of hydrogen-bond donors (Lipinski definition) is 3. The number of anilines is 1. The molecule has 0 heterocycles. The Hall–Kier alpha value is -1.88. The first-order valence-corrected chi connectivity index (χ1v) is 6.19. The number of carbonyl (C=O) groups is 2. The maximum absolute atomic E-state index is 11.1. The second-order valence-electron chi connectivity index (χ2n) is 5.22. The van der Waals surface area contributed by atoms with Crippen LogP contribution in [0.3, 0.4) is 0 Å². The summed E-state index contributed by atoms with van der Waals surface area (Å²) in [7, 11) is 0. The highest BCUT2D eigenvalue weighted by molar-refractivity contribution is 5.89. The van der Waals surface area contributed by atoms with Crippen LogP contribution >= 0.6 is 0 Å². The second kappa shape index (κ2) is 6.33. The molecule has 0 saturated heterocycles. The van der Waals surface area contributed by atoms with Crippen LogP contribution in [0.5, 0.6) is 0 Å². The van der Waals surface area contributed by atoms with E-state index in [2.05, 4.69) is 10.6 Å². The summed E-state index contributed by atoms with van der Waals surface area (Å²) >= 11 is 0. The molecule has 104 valence electrons. The minimum Gasteiger partial charge on any atom is -0.370 e. The molecule has 0 aliphatic carbocycles. The fourth-order valence-electron chi connectivity index (χ4n) is 1.82. The van der Waals surface area contributed by atoms with Crippen molar-refractivity contribution in [3.8, 4) is 0 Å². The first-order chi connectivity index (χ1) is 8.80. The van der Waals surface area contributed by atoms with Crippen molar-refractivity contribution in [2.45, 2.75) is 39.3 Å². The lowest BCUT2D eigenvalue weighted by Crippen LogP contribution is -2.42. The van der Waals surface area contributed by atoms with Crippen LogP contribution in [0.25, 0.3) is 0 Å². The Kier molecular flexibility index (Phi) is 5.06. The lowest BCUT2D eigenvalue weighted by molar-refractivity contribution is -0.119. The van der Waals surface area contributed by atoms with E-state index >= 15 is 0 Å². The first kappa shape index (κ1) is 15.2. The van der Waals surface area contributed by atoms with Gasteiger partial charge in [0.25, 0.3) is 0 Å². The number of carbonyl (C=O) groups excluding carboxylic acids is 2. The van der Waals surface area contributed by atoms with E-state index in [9.17, 15) is 9.59 Å². The van der Waals surface area contributed by atoms with Gasteiger partial charge in [-0.25, -0.2) is 0 Å². The Morgan fingerprint density at radius 3 is 2.47 bits per heavy atom. The summed E-state index contributed by atoms with van der Waals surface area (Å²) in [5, 5.41) is 6.05. The topological polar surface area (TPSA) is 84.2 Å². The van der Waals surface area contributed by atoms with Crippen molar-refractivity contribution in [2.75, 3.05) is 5.32 Å². The SMILES string of the molecule is CC(=O)Nc1ccccc1CNC(C)(C)CC(N)=O. The van der Waals surface area contributed by atoms with E-state index in [-0.39, 0.29) is 23.8 Å². The van der Waals surface area contributed by atoms with Gasteiger partial charge in [-0.3, -0.25) is 9.59 Å². The zero-order valence-electron chi connectivity index (χ0n) is 11.6. The third-order valence-electron chi connectivity index (χ3n) is 2.70. The molecular formula is C14H21N3O2. The zero-order valence-corrected chi connectivity index (χ0v) is 11.6. The molecule has 2 amide bonds. The number of primary amides is 1. The van der Waals surface area contributed by atoms with Crippen molar-refractivity contribution < 1.29 is 9.59 Å². The minimum atomic E-state index is -0.380. The molecule has 0 bridgehead atoms. The molecule has 0 fully saturated rings. The molecule has 0 atom stereocenters. The van der Waals surface area contributed by atoms with Crippen molar-refractivity contribution in [3.05, 3.63) is 29.8 Å². The molecule has 19 heavy (non-hydrogen) atoms. The van der Waals surface area contributed by atoms with Gasteiger partial charge in [-0.15, -0.1) is 0 Å². The van der Waals surface area contributed by atoms with Crippen LogP contribution in [0.15, 0.2) is 24.3 Å². The van der Waals surface area contributed by atoms with E-state index in [1.54, 1.807) is 0 Å². The summed E-state index contributed by atoms with van der Waals surface area (Å²) in [5.41, 5.74) is 6.57. The molecule has 5 heteroatoms. The normalized spacial score (nSPS) is 11.1. The quantitative estimate of drug-likeness (QED) is 0.725. The standard InChI is InChI=1S/C14H21N3O2/c1-10(18)17-12-7-5-4-6-11(12)9-16-14(2,3)8-13(15)19/h4-7,16H,8-9H2,1-3H3,(H2,15,19)(H,17,18). The van der Waals surface area contributed by atoms with Gasteiger partial charge in [0.2, 0.25) is 11.8 Å². The van der Waals surface area contributed by atoms with Crippen LogP contribution in [0.1, 0.15) is 32.8 Å². The maximum atomic E-state index is 11.1. The Labute approximate surface area is 113 Å². The van der Waals surface area contributed by atoms with Gasteiger partial charge in [0.1, 0.15) is 0 Å². The molecular weight excluding hydrogens is 242 g/mol. The molecule has 4 N–H and O–H groups in total. The van der Waals surface area contributed by atoms with Gasteiger partial charge in [0.05, 0.1) is 0 Å². The van der Waals surface area contributed by atoms with Crippen LogP contribution in [0.4, 0.5) is 5.69 Å². The first-order valence-electron chi connectivity index (χ1n) is 6.19. The predicted molar refractivity (Wildman–Crippen MR) is 75.5 cm³/mol. The zero-order chi connectivity index (χ0) is 14.5. The van der Waals surface area contributed by atoms with E-state index in [1.165, 1.54) is 6.92 Å². The lowest BCUT2D eigenvalue weighted by atomic mass is 9.99. The summed E-state index contributed by atoms with van der Waals surface area (Å²) < 4.78 is 0.